The minimum absolute atomic E-state index is 0.0509. The quantitative estimate of drug-likeness (QED) is 0.887. The first-order valence-electron chi connectivity index (χ1n) is 7.79. The predicted molar refractivity (Wildman–Crippen MR) is 80.8 cm³/mol. The van der Waals surface area contributed by atoms with E-state index in [0.717, 1.165) is 6.07 Å². The number of nitrogens with one attached hydrogen (secondary N) is 1. The molecule has 1 fully saturated rings. The first-order chi connectivity index (χ1) is 11.5. The lowest BCUT2D eigenvalue weighted by atomic mass is 9.90. The number of likely N-dealkylation sites (tertiary alicyclic amines) is 1. The van der Waals surface area contributed by atoms with Crippen molar-refractivity contribution in [2.24, 2.45) is 0 Å². The Labute approximate surface area is 137 Å². The molecule has 1 aliphatic rings. The van der Waals surface area contributed by atoms with E-state index >= 15 is 0 Å². The van der Waals surface area contributed by atoms with E-state index < -0.39 is 17.2 Å². The molecule has 1 aromatic heterocycles. The summed E-state index contributed by atoms with van der Waals surface area (Å²) < 4.78 is 26.8. The van der Waals surface area contributed by atoms with Gasteiger partial charge in [-0.2, -0.15) is 15.4 Å². The van der Waals surface area contributed by atoms with Crippen LogP contribution in [0.4, 0.5) is 8.78 Å². The maximum Gasteiger partial charge on any atom is 0.223 e. The van der Waals surface area contributed by atoms with Gasteiger partial charge in [-0.3, -0.25) is 4.79 Å². The van der Waals surface area contributed by atoms with Crippen molar-refractivity contribution >= 4 is 5.91 Å². The number of halogens is 2. The Hall–Kier alpha value is -2.35. The van der Waals surface area contributed by atoms with Gasteiger partial charge in [-0.25, -0.2) is 8.78 Å². The van der Waals surface area contributed by atoms with Crippen LogP contribution in [0.1, 0.15) is 30.5 Å². The van der Waals surface area contributed by atoms with Gasteiger partial charge >= 0.3 is 0 Å². The van der Waals surface area contributed by atoms with Crippen molar-refractivity contribution in [3.05, 3.63) is 47.3 Å². The van der Waals surface area contributed by atoms with Crippen LogP contribution in [0.2, 0.25) is 0 Å². The third-order valence-corrected chi connectivity index (χ3v) is 4.36. The molecule has 1 atom stereocenters. The van der Waals surface area contributed by atoms with E-state index in [1.54, 1.807) is 0 Å². The average Bonchev–Trinajstić information content (AvgIpc) is 3.11. The molecule has 6 nitrogen and oxygen atoms in total. The van der Waals surface area contributed by atoms with Crippen molar-refractivity contribution in [1.29, 1.82) is 0 Å². The average molecular weight is 336 g/mol. The topological polar surface area (TPSA) is 82.1 Å². The zero-order valence-corrected chi connectivity index (χ0v) is 13.0. The monoisotopic (exact) mass is 336 g/mol. The molecule has 0 aliphatic carbocycles. The summed E-state index contributed by atoms with van der Waals surface area (Å²) in [6, 6.07) is 3.93. The number of carbonyl (C=O) groups is 1. The highest BCUT2D eigenvalue weighted by atomic mass is 19.2. The highest BCUT2D eigenvalue weighted by Crippen LogP contribution is 2.30. The largest absolute Gasteiger partial charge is 0.382 e. The number of H-pyrrole nitrogens is 1. The van der Waals surface area contributed by atoms with Gasteiger partial charge < -0.3 is 10.0 Å². The summed E-state index contributed by atoms with van der Waals surface area (Å²) in [6.45, 7) is 0.634. The molecule has 8 heteroatoms. The lowest BCUT2D eigenvalue weighted by Crippen LogP contribution is -2.48. The molecular formula is C16H18F2N4O2. The zero-order valence-electron chi connectivity index (χ0n) is 13.0. The van der Waals surface area contributed by atoms with E-state index in [9.17, 15) is 18.7 Å². The Morgan fingerprint density at radius 3 is 3.00 bits per heavy atom. The first kappa shape index (κ1) is 16.5. The maximum atomic E-state index is 13.6. The molecule has 3 rings (SSSR count). The minimum atomic E-state index is -1.23. The zero-order chi connectivity index (χ0) is 17.2. The highest BCUT2D eigenvalue weighted by molar-refractivity contribution is 5.76. The molecule has 0 bridgehead atoms. The van der Waals surface area contributed by atoms with Crippen molar-refractivity contribution in [1.82, 2.24) is 20.3 Å². The van der Waals surface area contributed by atoms with Gasteiger partial charge in [-0.1, -0.05) is 12.1 Å². The number of β-amino-alcohol motifs (C(OH)–C–C–N with tert-alkyl or cyclic N) is 1. The minimum Gasteiger partial charge on any atom is -0.382 e. The molecule has 1 amide bonds. The molecule has 128 valence electrons. The molecule has 0 radical (unpaired) electrons. The first-order valence-corrected chi connectivity index (χ1v) is 7.79. The number of carbonyl (C=O) groups excluding carboxylic acids is 1. The van der Waals surface area contributed by atoms with Crippen LogP contribution in [0.3, 0.4) is 0 Å². The maximum absolute atomic E-state index is 13.6. The second kappa shape index (κ2) is 6.64. The van der Waals surface area contributed by atoms with Crippen molar-refractivity contribution in [2.45, 2.75) is 31.3 Å². The van der Waals surface area contributed by atoms with E-state index in [0.29, 0.717) is 25.1 Å². The second-order valence-corrected chi connectivity index (χ2v) is 6.02. The summed E-state index contributed by atoms with van der Waals surface area (Å²) in [5, 5.41) is 20.7. The van der Waals surface area contributed by atoms with E-state index in [4.69, 9.17) is 0 Å². The Balaban J connectivity index is 1.64. The summed E-state index contributed by atoms with van der Waals surface area (Å²) in [5.74, 6) is -2.04. The van der Waals surface area contributed by atoms with Crippen LogP contribution in [-0.4, -0.2) is 44.4 Å². The van der Waals surface area contributed by atoms with E-state index in [-0.39, 0.29) is 30.9 Å². The fraction of sp³-hybridized carbons (Fsp3) is 0.438. The van der Waals surface area contributed by atoms with Gasteiger partial charge in [0.1, 0.15) is 11.3 Å². The lowest BCUT2D eigenvalue weighted by Gasteiger charge is -2.38. The highest BCUT2D eigenvalue weighted by Gasteiger charge is 2.38. The van der Waals surface area contributed by atoms with Crippen LogP contribution in [0.5, 0.6) is 0 Å². The van der Waals surface area contributed by atoms with Gasteiger partial charge in [0.2, 0.25) is 5.91 Å². The molecule has 1 unspecified atom stereocenters. The number of hydrogen-bond donors (Lipinski definition) is 2. The summed E-state index contributed by atoms with van der Waals surface area (Å²) in [7, 11) is 0. The molecule has 1 aromatic carbocycles. The molecule has 0 saturated carbocycles. The summed E-state index contributed by atoms with van der Waals surface area (Å²) in [4.78, 5) is 13.9. The third-order valence-electron chi connectivity index (χ3n) is 4.36. The Morgan fingerprint density at radius 1 is 1.42 bits per heavy atom. The van der Waals surface area contributed by atoms with Crippen molar-refractivity contribution < 1.29 is 18.7 Å². The van der Waals surface area contributed by atoms with Crippen LogP contribution in [0, 0.1) is 11.6 Å². The Morgan fingerprint density at radius 2 is 2.25 bits per heavy atom. The number of piperidine rings is 1. The predicted octanol–water partition coefficient (Wildman–Crippen LogP) is 1.53. The molecule has 2 aromatic rings. The van der Waals surface area contributed by atoms with Crippen LogP contribution in [0.25, 0.3) is 0 Å². The number of aryl methyl sites for hydroxylation is 1. The third kappa shape index (κ3) is 3.28. The molecule has 24 heavy (non-hydrogen) atoms. The van der Waals surface area contributed by atoms with Gasteiger partial charge in [0.25, 0.3) is 0 Å². The number of nitrogens with zero attached hydrogens (tertiary/aromatic N) is 3. The van der Waals surface area contributed by atoms with Crippen LogP contribution >= 0.6 is 0 Å². The molecule has 2 heterocycles. The molecular weight excluding hydrogens is 318 g/mol. The second-order valence-electron chi connectivity index (χ2n) is 6.02. The van der Waals surface area contributed by atoms with Gasteiger partial charge in [0.05, 0.1) is 12.7 Å². The number of rotatable bonds is 4. The molecule has 2 N–H and O–H groups in total. The molecule has 1 aliphatic heterocycles. The van der Waals surface area contributed by atoms with Gasteiger partial charge in [0, 0.05) is 13.0 Å². The van der Waals surface area contributed by atoms with Crippen molar-refractivity contribution in [3.63, 3.8) is 0 Å². The van der Waals surface area contributed by atoms with E-state index in [2.05, 4.69) is 15.4 Å². The van der Waals surface area contributed by atoms with Crippen molar-refractivity contribution in [2.75, 3.05) is 13.1 Å². The number of aromatic nitrogens is 3. The number of benzene rings is 1. The Kier molecular flexibility index (Phi) is 4.57. The van der Waals surface area contributed by atoms with Gasteiger partial charge in [0.15, 0.2) is 11.6 Å². The van der Waals surface area contributed by atoms with Crippen molar-refractivity contribution in [3.8, 4) is 0 Å². The Bertz CT molecular complexity index is 723. The van der Waals surface area contributed by atoms with E-state index in [1.165, 1.54) is 23.2 Å². The summed E-state index contributed by atoms with van der Waals surface area (Å²) >= 11 is 0. The summed E-state index contributed by atoms with van der Waals surface area (Å²) in [5.41, 5.74) is -0.659. The van der Waals surface area contributed by atoms with Crippen LogP contribution in [0.15, 0.2) is 24.4 Å². The van der Waals surface area contributed by atoms with E-state index in [1.807, 2.05) is 0 Å². The molecule has 1 saturated heterocycles. The SMILES string of the molecule is O=C(CCc1cccc(F)c1F)N1CCCC(O)(c2cn[nH]n2)C1. The number of hydrogen-bond acceptors (Lipinski definition) is 4. The fourth-order valence-corrected chi connectivity index (χ4v) is 3.03. The number of amides is 1. The summed E-state index contributed by atoms with van der Waals surface area (Å²) in [6.07, 6.45) is 2.72. The van der Waals surface area contributed by atoms with Crippen LogP contribution in [-0.2, 0) is 16.8 Å². The fourth-order valence-electron chi connectivity index (χ4n) is 3.03. The van der Waals surface area contributed by atoms with Gasteiger partial charge in [-0.15, -0.1) is 0 Å². The van der Waals surface area contributed by atoms with Gasteiger partial charge in [-0.05, 0) is 30.9 Å². The standard InChI is InChI=1S/C16H18F2N4O2/c17-12-4-1-3-11(15(12)18)5-6-14(23)22-8-2-7-16(24,10-22)13-9-19-21-20-13/h1,3-4,9,24H,2,5-8,10H2,(H,19,20,21). The van der Waals surface area contributed by atoms with Crippen LogP contribution < -0.4 is 0 Å². The molecule has 0 spiro atoms. The smallest absolute Gasteiger partial charge is 0.223 e. The lowest BCUT2D eigenvalue weighted by molar-refractivity contribution is -0.139. The number of aromatic amines is 1. The normalized spacial score (nSPS) is 21.0. The number of aliphatic hydroxyl groups is 1.